The third kappa shape index (κ3) is 4.23. The van der Waals surface area contributed by atoms with Crippen molar-refractivity contribution in [1.29, 1.82) is 0 Å². The maximum absolute atomic E-state index is 11.0. The minimum absolute atomic E-state index is 0.0505. The van der Waals surface area contributed by atoms with Crippen molar-refractivity contribution in [3.8, 4) is 11.5 Å². The molecule has 0 aliphatic carbocycles. The van der Waals surface area contributed by atoms with E-state index in [4.69, 9.17) is 15.2 Å². The fraction of sp³-hybridized carbons (Fsp3) is 0.111. The largest absolute Gasteiger partial charge is 0.497 e. The number of carbonyl (C=O) groups is 1. The van der Waals surface area contributed by atoms with Gasteiger partial charge < -0.3 is 20.5 Å². The zero-order valence-electron chi connectivity index (χ0n) is 14.0. The Morgan fingerprint density at radius 1 is 1.08 bits per heavy atom. The molecular weight excluding hydrogens is 334 g/mol. The molecule has 0 atom stereocenters. The molecule has 132 valence electrons. The van der Waals surface area contributed by atoms with Gasteiger partial charge in [0, 0.05) is 5.69 Å². The van der Waals surface area contributed by atoms with Gasteiger partial charge in [-0.2, -0.15) is 15.0 Å². The molecule has 8 heteroatoms. The van der Waals surface area contributed by atoms with Crippen molar-refractivity contribution in [2.24, 2.45) is 0 Å². The van der Waals surface area contributed by atoms with E-state index in [1.54, 1.807) is 31.4 Å². The predicted molar refractivity (Wildman–Crippen MR) is 96.7 cm³/mol. The molecular formula is C18H17N5O3. The first-order chi connectivity index (χ1) is 12.7. The molecule has 26 heavy (non-hydrogen) atoms. The van der Waals surface area contributed by atoms with Crippen molar-refractivity contribution < 1.29 is 14.3 Å². The van der Waals surface area contributed by atoms with Gasteiger partial charge in [0.05, 0.1) is 12.7 Å². The highest BCUT2D eigenvalue weighted by Gasteiger charge is 2.08. The molecule has 0 bridgehead atoms. The highest BCUT2D eigenvalue weighted by atomic mass is 16.5. The molecule has 1 heterocycles. The number of nitrogens with zero attached hydrogens (tertiary/aromatic N) is 3. The van der Waals surface area contributed by atoms with Gasteiger partial charge in [-0.05, 0) is 36.4 Å². The van der Waals surface area contributed by atoms with E-state index in [2.05, 4.69) is 20.3 Å². The van der Waals surface area contributed by atoms with Gasteiger partial charge in [0.15, 0.2) is 12.1 Å². The average Bonchev–Trinajstić information content (AvgIpc) is 2.67. The number of para-hydroxylation sites is 1. The second-order valence-corrected chi connectivity index (χ2v) is 5.23. The highest BCUT2D eigenvalue weighted by molar-refractivity contribution is 5.79. The Bertz CT molecular complexity index is 900. The molecule has 3 rings (SSSR count). The van der Waals surface area contributed by atoms with Gasteiger partial charge in [-0.15, -0.1) is 0 Å². The number of hydrogen-bond donors (Lipinski definition) is 2. The van der Waals surface area contributed by atoms with Crippen molar-refractivity contribution in [3.05, 3.63) is 59.9 Å². The Kier molecular flexibility index (Phi) is 5.23. The molecule has 0 saturated carbocycles. The number of aldehydes is 1. The van der Waals surface area contributed by atoms with Crippen LogP contribution in [0.25, 0.3) is 0 Å². The van der Waals surface area contributed by atoms with Crippen molar-refractivity contribution >= 4 is 23.9 Å². The molecule has 0 saturated heterocycles. The van der Waals surface area contributed by atoms with Crippen molar-refractivity contribution in [2.75, 3.05) is 18.2 Å². The first kappa shape index (κ1) is 17.2. The number of hydrogen-bond acceptors (Lipinski definition) is 8. The van der Waals surface area contributed by atoms with Crippen molar-refractivity contribution in [2.45, 2.75) is 6.61 Å². The quantitative estimate of drug-likeness (QED) is 0.625. The summed E-state index contributed by atoms with van der Waals surface area (Å²) in [5, 5.41) is 3.05. The summed E-state index contributed by atoms with van der Waals surface area (Å²) >= 11 is 0. The summed E-state index contributed by atoms with van der Waals surface area (Å²) < 4.78 is 10.7. The molecule has 2 aromatic carbocycles. The first-order valence-electron chi connectivity index (χ1n) is 7.76. The number of carbonyl (C=O) groups excluding carboxylic acids is 1. The van der Waals surface area contributed by atoms with Crippen LogP contribution >= 0.6 is 0 Å². The summed E-state index contributed by atoms with van der Waals surface area (Å²) in [6.45, 7) is 0.0505. The number of nitrogen functional groups attached to an aromatic ring is 1. The number of nitrogens with one attached hydrogen (secondary N) is 1. The first-order valence-corrected chi connectivity index (χ1v) is 7.76. The summed E-state index contributed by atoms with van der Waals surface area (Å²) in [6.07, 6.45) is 0.730. The summed E-state index contributed by atoms with van der Waals surface area (Å²) in [7, 11) is 1.60. The zero-order valence-corrected chi connectivity index (χ0v) is 14.0. The number of anilines is 3. The number of nitrogens with two attached hydrogens (primary N) is 1. The van der Waals surface area contributed by atoms with Crippen LogP contribution in [-0.2, 0) is 6.61 Å². The Hall–Kier alpha value is -3.68. The molecule has 0 aliphatic heterocycles. The second-order valence-electron chi connectivity index (χ2n) is 5.23. The number of rotatable bonds is 7. The van der Waals surface area contributed by atoms with Gasteiger partial charge in [-0.1, -0.05) is 12.1 Å². The van der Waals surface area contributed by atoms with E-state index in [0.29, 0.717) is 23.1 Å². The average molecular weight is 351 g/mol. The van der Waals surface area contributed by atoms with E-state index >= 15 is 0 Å². The highest BCUT2D eigenvalue weighted by Crippen LogP contribution is 2.19. The van der Waals surface area contributed by atoms with Crippen molar-refractivity contribution in [3.63, 3.8) is 0 Å². The van der Waals surface area contributed by atoms with Crippen LogP contribution in [0.3, 0.4) is 0 Å². The minimum atomic E-state index is 0.0505. The van der Waals surface area contributed by atoms with Gasteiger partial charge in [0.1, 0.15) is 18.1 Å². The van der Waals surface area contributed by atoms with E-state index in [-0.39, 0.29) is 12.6 Å². The van der Waals surface area contributed by atoms with Crippen LogP contribution in [0.4, 0.5) is 17.6 Å². The second kappa shape index (κ2) is 7.93. The SMILES string of the molecule is COc1ccc(Nc2nc(N)nc(COc3ccccc3C=O)n2)cc1. The monoisotopic (exact) mass is 351 g/mol. The number of ether oxygens (including phenoxy) is 2. The number of benzene rings is 2. The fourth-order valence-electron chi connectivity index (χ4n) is 2.21. The molecule has 1 aromatic heterocycles. The standard InChI is InChI=1S/C18H17N5O3/c1-25-14-8-6-13(7-9-14)20-18-22-16(21-17(19)23-18)11-26-15-5-3-2-4-12(15)10-24/h2-10H,11H2,1H3,(H3,19,20,21,22,23). The molecule has 3 aromatic rings. The lowest BCUT2D eigenvalue weighted by Crippen LogP contribution is -2.09. The van der Waals surface area contributed by atoms with Gasteiger partial charge >= 0.3 is 0 Å². The number of methoxy groups -OCH3 is 1. The summed E-state index contributed by atoms with van der Waals surface area (Å²) in [5.74, 6) is 1.90. The molecule has 0 radical (unpaired) electrons. The molecule has 0 spiro atoms. The third-order valence-electron chi connectivity index (χ3n) is 3.45. The van der Waals surface area contributed by atoms with Gasteiger partial charge in [-0.3, -0.25) is 4.79 Å². The third-order valence-corrected chi connectivity index (χ3v) is 3.45. The lowest BCUT2D eigenvalue weighted by atomic mass is 10.2. The maximum atomic E-state index is 11.0. The van der Waals surface area contributed by atoms with Crippen LogP contribution in [0.5, 0.6) is 11.5 Å². The topological polar surface area (TPSA) is 112 Å². The lowest BCUT2D eigenvalue weighted by molar-refractivity contribution is 0.111. The van der Waals surface area contributed by atoms with Crippen LogP contribution in [0.1, 0.15) is 16.2 Å². The number of aromatic nitrogens is 3. The lowest BCUT2D eigenvalue weighted by Gasteiger charge is -2.10. The van der Waals surface area contributed by atoms with Crippen LogP contribution in [0, 0.1) is 0 Å². The van der Waals surface area contributed by atoms with Gasteiger partial charge in [0.2, 0.25) is 11.9 Å². The summed E-state index contributed by atoms with van der Waals surface area (Å²) in [5.41, 5.74) is 6.97. The Morgan fingerprint density at radius 2 is 1.85 bits per heavy atom. The van der Waals surface area contributed by atoms with E-state index in [1.807, 2.05) is 24.3 Å². The maximum Gasteiger partial charge on any atom is 0.232 e. The summed E-state index contributed by atoms with van der Waals surface area (Å²) in [4.78, 5) is 23.4. The Morgan fingerprint density at radius 3 is 2.58 bits per heavy atom. The van der Waals surface area contributed by atoms with Crippen LogP contribution < -0.4 is 20.5 Å². The van der Waals surface area contributed by atoms with E-state index in [1.165, 1.54) is 0 Å². The van der Waals surface area contributed by atoms with Gasteiger partial charge in [-0.25, -0.2) is 0 Å². The molecule has 0 amide bonds. The molecule has 8 nitrogen and oxygen atoms in total. The van der Waals surface area contributed by atoms with Crippen LogP contribution in [0.15, 0.2) is 48.5 Å². The normalized spacial score (nSPS) is 10.2. The van der Waals surface area contributed by atoms with E-state index < -0.39 is 0 Å². The smallest absolute Gasteiger partial charge is 0.232 e. The van der Waals surface area contributed by atoms with E-state index in [9.17, 15) is 4.79 Å². The summed E-state index contributed by atoms with van der Waals surface area (Å²) in [6, 6.07) is 14.2. The molecule has 0 fully saturated rings. The minimum Gasteiger partial charge on any atom is -0.497 e. The molecule has 0 unspecified atom stereocenters. The van der Waals surface area contributed by atoms with E-state index in [0.717, 1.165) is 17.7 Å². The Labute approximate surface area is 150 Å². The van der Waals surface area contributed by atoms with Crippen molar-refractivity contribution in [1.82, 2.24) is 15.0 Å². The van der Waals surface area contributed by atoms with Gasteiger partial charge in [0.25, 0.3) is 0 Å². The molecule has 0 aliphatic rings. The van der Waals surface area contributed by atoms with Crippen LogP contribution in [0.2, 0.25) is 0 Å². The Balaban J connectivity index is 1.73. The molecule has 3 N–H and O–H groups in total. The van der Waals surface area contributed by atoms with Crippen LogP contribution in [-0.4, -0.2) is 28.3 Å². The predicted octanol–water partition coefficient (Wildman–Crippen LogP) is 2.60. The fourth-order valence-corrected chi connectivity index (χ4v) is 2.21. The zero-order chi connectivity index (χ0) is 18.4.